The number of carboxylic acid groups (broad SMARTS) is 1. The van der Waals surface area contributed by atoms with Crippen LogP contribution in [0, 0.1) is 5.92 Å². The minimum absolute atomic E-state index is 0.0165. The molecule has 1 heterocycles. The molecule has 0 spiro atoms. The molecule has 0 aromatic carbocycles. The lowest BCUT2D eigenvalue weighted by Gasteiger charge is -2.27. The third-order valence-electron chi connectivity index (χ3n) is 5.11. The maximum Gasteiger partial charge on any atom is 0.326 e. The lowest BCUT2D eigenvalue weighted by molar-refractivity contribution is -0.142. The zero-order chi connectivity index (χ0) is 24.3. The number of carboxylic acids is 1. The van der Waals surface area contributed by atoms with Crippen LogP contribution in [0.25, 0.3) is 0 Å². The van der Waals surface area contributed by atoms with Crippen LogP contribution in [0.2, 0.25) is 0 Å². The number of aliphatic carboxylic acids is 1. The van der Waals surface area contributed by atoms with E-state index in [1.807, 2.05) is 13.2 Å². The number of aromatic amines is 1. The van der Waals surface area contributed by atoms with Gasteiger partial charge in [-0.15, -0.1) is 0 Å². The minimum atomic E-state index is -1.21. The molecule has 7 N–H and O–H groups in total. The van der Waals surface area contributed by atoms with Crippen LogP contribution >= 0.6 is 11.8 Å². The van der Waals surface area contributed by atoms with E-state index in [9.17, 15) is 24.3 Å². The molecule has 0 aliphatic rings. The van der Waals surface area contributed by atoms with Gasteiger partial charge in [0.05, 0.1) is 12.4 Å². The van der Waals surface area contributed by atoms with Gasteiger partial charge < -0.3 is 31.8 Å². The number of imidazole rings is 1. The molecule has 1 aromatic rings. The van der Waals surface area contributed by atoms with Gasteiger partial charge in [-0.05, 0) is 31.3 Å². The van der Waals surface area contributed by atoms with E-state index in [1.165, 1.54) is 19.4 Å². The Morgan fingerprint density at radius 1 is 1.16 bits per heavy atom. The van der Waals surface area contributed by atoms with Crippen molar-refractivity contribution in [2.75, 3.05) is 12.0 Å². The highest BCUT2D eigenvalue weighted by Crippen LogP contribution is 2.10. The summed E-state index contributed by atoms with van der Waals surface area (Å²) in [5.74, 6) is -2.38. The van der Waals surface area contributed by atoms with Crippen molar-refractivity contribution in [1.29, 1.82) is 0 Å². The molecule has 5 atom stereocenters. The predicted octanol–water partition coefficient (Wildman–Crippen LogP) is -0.362. The zero-order valence-electron chi connectivity index (χ0n) is 18.9. The second-order valence-electron chi connectivity index (χ2n) is 7.67. The van der Waals surface area contributed by atoms with Gasteiger partial charge in [-0.2, -0.15) is 11.8 Å². The highest BCUT2D eigenvalue weighted by atomic mass is 32.2. The maximum atomic E-state index is 12.9. The molecule has 0 aliphatic heterocycles. The van der Waals surface area contributed by atoms with E-state index >= 15 is 0 Å². The van der Waals surface area contributed by atoms with E-state index in [0.29, 0.717) is 24.3 Å². The lowest BCUT2D eigenvalue weighted by atomic mass is 9.97. The fourth-order valence-electron chi connectivity index (χ4n) is 2.82. The maximum absolute atomic E-state index is 12.9. The Morgan fingerprint density at radius 3 is 2.38 bits per heavy atom. The number of nitrogens with one attached hydrogen (secondary N) is 4. The van der Waals surface area contributed by atoms with Crippen molar-refractivity contribution in [2.45, 2.75) is 64.2 Å². The molecule has 0 radical (unpaired) electrons. The van der Waals surface area contributed by atoms with Crippen molar-refractivity contribution >= 4 is 35.5 Å². The predicted molar refractivity (Wildman–Crippen MR) is 122 cm³/mol. The third kappa shape index (κ3) is 8.87. The second kappa shape index (κ2) is 13.7. The second-order valence-corrected chi connectivity index (χ2v) is 8.66. The smallest absolute Gasteiger partial charge is 0.326 e. The first-order valence-corrected chi connectivity index (χ1v) is 11.9. The molecule has 180 valence electrons. The van der Waals surface area contributed by atoms with Crippen LogP contribution in [0.1, 0.15) is 39.3 Å². The third-order valence-corrected chi connectivity index (χ3v) is 5.75. The van der Waals surface area contributed by atoms with Crippen molar-refractivity contribution in [3.05, 3.63) is 18.2 Å². The van der Waals surface area contributed by atoms with Crippen molar-refractivity contribution in [1.82, 2.24) is 25.9 Å². The van der Waals surface area contributed by atoms with Crippen molar-refractivity contribution in [2.24, 2.45) is 11.7 Å². The van der Waals surface area contributed by atoms with E-state index in [-0.39, 0.29) is 12.3 Å². The van der Waals surface area contributed by atoms with Crippen LogP contribution < -0.4 is 21.7 Å². The fourth-order valence-corrected chi connectivity index (χ4v) is 3.31. The van der Waals surface area contributed by atoms with Crippen LogP contribution in [0.3, 0.4) is 0 Å². The summed E-state index contributed by atoms with van der Waals surface area (Å²) in [5.41, 5.74) is 6.38. The number of H-pyrrole nitrogens is 1. The number of thioether (sulfide) groups is 1. The highest BCUT2D eigenvalue weighted by molar-refractivity contribution is 7.98. The van der Waals surface area contributed by atoms with Gasteiger partial charge >= 0.3 is 5.97 Å². The normalized spacial score (nSPS) is 15.7. The standard InChI is InChI=1S/C20H34N6O5S/c1-5-11(2)16(19(29)25-15(20(30)31)8-13-9-22-10-23-13)26-17(27)12(3)24-18(28)14(21)6-7-32-4/h9-12,14-16H,5-8,21H2,1-4H3,(H,22,23)(H,24,28)(H,25,29)(H,26,27)(H,30,31). The number of carbonyl (C=O) groups is 4. The van der Waals surface area contributed by atoms with Gasteiger partial charge in [0.1, 0.15) is 18.1 Å². The van der Waals surface area contributed by atoms with Gasteiger partial charge in [-0.1, -0.05) is 20.3 Å². The molecule has 5 unspecified atom stereocenters. The van der Waals surface area contributed by atoms with Crippen LogP contribution in [0.15, 0.2) is 12.5 Å². The van der Waals surface area contributed by atoms with Crippen LogP contribution in [0.4, 0.5) is 0 Å². The molecule has 3 amide bonds. The van der Waals surface area contributed by atoms with E-state index in [0.717, 1.165) is 0 Å². The Morgan fingerprint density at radius 2 is 1.84 bits per heavy atom. The number of rotatable bonds is 14. The van der Waals surface area contributed by atoms with E-state index in [2.05, 4.69) is 25.9 Å². The van der Waals surface area contributed by atoms with Gasteiger partial charge in [0.25, 0.3) is 0 Å². The van der Waals surface area contributed by atoms with Crippen LogP contribution in [-0.4, -0.2) is 74.9 Å². The summed E-state index contributed by atoms with van der Waals surface area (Å²) in [4.78, 5) is 55.9. The number of nitrogens with two attached hydrogens (primary N) is 1. The summed E-state index contributed by atoms with van der Waals surface area (Å²) < 4.78 is 0. The van der Waals surface area contributed by atoms with E-state index < -0.39 is 47.9 Å². The molecule has 1 rings (SSSR count). The van der Waals surface area contributed by atoms with Gasteiger partial charge in [0.15, 0.2) is 0 Å². The highest BCUT2D eigenvalue weighted by Gasteiger charge is 2.31. The van der Waals surface area contributed by atoms with E-state index in [4.69, 9.17) is 5.73 Å². The lowest BCUT2D eigenvalue weighted by Crippen LogP contribution is -2.58. The molecule has 0 aliphatic carbocycles. The Labute approximate surface area is 192 Å². The zero-order valence-corrected chi connectivity index (χ0v) is 19.7. The fraction of sp³-hybridized carbons (Fsp3) is 0.650. The quantitative estimate of drug-likeness (QED) is 0.213. The summed E-state index contributed by atoms with van der Waals surface area (Å²) in [7, 11) is 0. The SMILES string of the molecule is CCC(C)C(NC(=O)C(C)NC(=O)C(N)CCSC)C(=O)NC(Cc1cnc[nH]1)C(=O)O. The Kier molecular flexibility index (Phi) is 11.8. The molecule has 1 aromatic heterocycles. The molecule has 32 heavy (non-hydrogen) atoms. The number of nitrogens with zero attached hydrogens (tertiary/aromatic N) is 1. The molecule has 0 saturated heterocycles. The number of aromatic nitrogens is 2. The molecule has 0 saturated carbocycles. The molecule has 12 heteroatoms. The Bertz CT molecular complexity index is 760. The first-order chi connectivity index (χ1) is 15.1. The summed E-state index contributed by atoms with van der Waals surface area (Å²) in [5, 5.41) is 17.2. The number of hydrogen-bond acceptors (Lipinski definition) is 7. The first kappa shape index (κ1) is 27.4. The summed E-state index contributed by atoms with van der Waals surface area (Å²) in [6.45, 7) is 5.13. The van der Waals surface area contributed by atoms with Gasteiger partial charge in [-0.3, -0.25) is 14.4 Å². The van der Waals surface area contributed by atoms with Gasteiger partial charge in [0, 0.05) is 18.3 Å². The number of carbonyl (C=O) groups excluding carboxylic acids is 3. The minimum Gasteiger partial charge on any atom is -0.480 e. The largest absolute Gasteiger partial charge is 0.480 e. The molecule has 0 bridgehead atoms. The van der Waals surface area contributed by atoms with Crippen molar-refractivity contribution in [3.63, 3.8) is 0 Å². The number of hydrogen-bond donors (Lipinski definition) is 6. The summed E-state index contributed by atoms with van der Waals surface area (Å²) in [6.07, 6.45) is 5.86. The van der Waals surface area contributed by atoms with Crippen molar-refractivity contribution < 1.29 is 24.3 Å². The van der Waals surface area contributed by atoms with Crippen LogP contribution in [0.5, 0.6) is 0 Å². The van der Waals surface area contributed by atoms with E-state index in [1.54, 1.807) is 18.7 Å². The van der Waals surface area contributed by atoms with Crippen molar-refractivity contribution in [3.8, 4) is 0 Å². The van der Waals surface area contributed by atoms with Gasteiger partial charge in [0.2, 0.25) is 17.7 Å². The summed E-state index contributed by atoms with van der Waals surface area (Å²) in [6, 6.07) is -3.81. The first-order valence-electron chi connectivity index (χ1n) is 10.5. The van der Waals surface area contributed by atoms with Gasteiger partial charge in [-0.25, -0.2) is 9.78 Å². The summed E-state index contributed by atoms with van der Waals surface area (Å²) >= 11 is 1.57. The molecule has 11 nitrogen and oxygen atoms in total. The van der Waals surface area contributed by atoms with Crippen LogP contribution in [-0.2, 0) is 25.6 Å². The Balaban J connectivity index is 2.79. The Hall–Kier alpha value is -2.60. The molecule has 0 fully saturated rings. The number of amides is 3. The molecular formula is C20H34N6O5S. The average Bonchev–Trinajstić information content (AvgIpc) is 3.27. The monoisotopic (exact) mass is 470 g/mol. The molecular weight excluding hydrogens is 436 g/mol. The topological polar surface area (TPSA) is 179 Å². The average molecular weight is 471 g/mol.